The van der Waals surface area contributed by atoms with Crippen LogP contribution in [-0.4, -0.2) is 36.6 Å². The normalized spacial score (nSPS) is 16.5. The molecular weight excluding hydrogens is 282 g/mol. The van der Waals surface area contributed by atoms with Crippen molar-refractivity contribution in [3.05, 3.63) is 0 Å². The number of carbonyl (C=O) groups is 1. The first kappa shape index (κ1) is 16.3. The standard InChI is InChI=1S/C7H7ClF6O3/c1-4(15)17-3-16-2-5(8,9)6(10,11)7(12,13)14/h2-3H2,1H3. The average molecular weight is 289 g/mol. The number of halogens is 7. The number of carbonyl (C=O) groups excluding carboxylic acids is 1. The minimum absolute atomic E-state index is 0.883. The first-order chi connectivity index (χ1) is 7.42. The predicted molar refractivity (Wildman–Crippen MR) is 43.3 cm³/mol. The minimum Gasteiger partial charge on any atom is -0.439 e. The Kier molecular flexibility index (Phi) is 5.08. The minimum atomic E-state index is -6.16. The largest absolute Gasteiger partial charge is 0.458 e. The highest BCUT2D eigenvalue weighted by Crippen LogP contribution is 2.47. The van der Waals surface area contributed by atoms with E-state index >= 15 is 0 Å². The number of ether oxygens (including phenoxy) is 2. The molecule has 1 atom stereocenters. The molecule has 0 rings (SSSR count). The van der Waals surface area contributed by atoms with E-state index in [0.29, 0.717) is 0 Å². The molecule has 102 valence electrons. The van der Waals surface area contributed by atoms with Crippen LogP contribution in [0.3, 0.4) is 0 Å². The highest BCUT2D eigenvalue weighted by Gasteiger charge is 2.71. The fourth-order valence-corrected chi connectivity index (χ4v) is 0.777. The second-order valence-electron chi connectivity index (χ2n) is 2.88. The fraction of sp³-hybridized carbons (Fsp3) is 0.857. The Morgan fingerprint density at radius 3 is 2.00 bits per heavy atom. The third-order valence-electron chi connectivity index (χ3n) is 1.44. The SMILES string of the molecule is CC(=O)OCOCC(F)(Cl)C(F)(F)C(F)(F)F. The molecule has 0 fully saturated rings. The molecule has 0 saturated heterocycles. The third kappa shape index (κ3) is 4.23. The Labute approximate surface area is 96.6 Å². The maximum Gasteiger partial charge on any atom is 0.458 e. The predicted octanol–water partition coefficient (Wildman–Crippen LogP) is 2.63. The molecule has 1 unspecified atom stereocenters. The molecule has 17 heavy (non-hydrogen) atoms. The summed E-state index contributed by atoms with van der Waals surface area (Å²) in [6.45, 7) is -1.85. The van der Waals surface area contributed by atoms with Crippen LogP contribution in [-0.2, 0) is 14.3 Å². The first-order valence-corrected chi connectivity index (χ1v) is 4.33. The smallest absolute Gasteiger partial charge is 0.439 e. The molecule has 0 aromatic carbocycles. The van der Waals surface area contributed by atoms with Crippen molar-refractivity contribution in [1.82, 2.24) is 0 Å². The molecule has 0 radical (unpaired) electrons. The number of alkyl halides is 7. The molecule has 0 bridgehead atoms. The number of hydrogen-bond donors (Lipinski definition) is 0. The Morgan fingerprint density at radius 2 is 1.65 bits per heavy atom. The molecule has 0 heterocycles. The van der Waals surface area contributed by atoms with Crippen LogP contribution >= 0.6 is 11.6 Å². The lowest BCUT2D eigenvalue weighted by molar-refractivity contribution is -0.317. The summed E-state index contributed by atoms with van der Waals surface area (Å²) >= 11 is 4.43. The zero-order valence-electron chi connectivity index (χ0n) is 8.28. The van der Waals surface area contributed by atoms with E-state index in [-0.39, 0.29) is 0 Å². The number of esters is 1. The maximum absolute atomic E-state index is 12.9. The molecule has 0 aliphatic heterocycles. The quantitative estimate of drug-likeness (QED) is 0.256. The van der Waals surface area contributed by atoms with Crippen LogP contribution in [0.2, 0.25) is 0 Å². The molecule has 0 aromatic heterocycles. The van der Waals surface area contributed by atoms with E-state index in [1.54, 1.807) is 0 Å². The number of hydrogen-bond acceptors (Lipinski definition) is 3. The van der Waals surface area contributed by atoms with E-state index in [1.165, 1.54) is 0 Å². The van der Waals surface area contributed by atoms with Gasteiger partial charge in [0.05, 0.1) is 0 Å². The van der Waals surface area contributed by atoms with Crippen LogP contribution < -0.4 is 0 Å². The van der Waals surface area contributed by atoms with Gasteiger partial charge in [0.2, 0.25) is 0 Å². The molecule has 0 spiro atoms. The van der Waals surface area contributed by atoms with Gasteiger partial charge in [0.25, 0.3) is 5.13 Å². The van der Waals surface area contributed by atoms with Gasteiger partial charge in [-0.2, -0.15) is 22.0 Å². The summed E-state index contributed by atoms with van der Waals surface area (Å²) in [5.41, 5.74) is 0. The Bertz CT molecular complexity index is 277. The van der Waals surface area contributed by atoms with E-state index < -0.39 is 36.6 Å². The van der Waals surface area contributed by atoms with E-state index in [0.717, 1.165) is 6.92 Å². The van der Waals surface area contributed by atoms with Crippen molar-refractivity contribution < 1.29 is 40.6 Å². The van der Waals surface area contributed by atoms with Crippen LogP contribution in [0, 0.1) is 0 Å². The van der Waals surface area contributed by atoms with Crippen molar-refractivity contribution in [3.8, 4) is 0 Å². The van der Waals surface area contributed by atoms with Crippen LogP contribution in [0.5, 0.6) is 0 Å². The van der Waals surface area contributed by atoms with Gasteiger partial charge in [-0.15, -0.1) is 0 Å². The van der Waals surface area contributed by atoms with Gasteiger partial charge in [-0.3, -0.25) is 4.79 Å². The Morgan fingerprint density at radius 1 is 1.18 bits per heavy atom. The summed E-state index contributed by atoms with van der Waals surface area (Å²) in [5, 5.41) is -4.48. The van der Waals surface area contributed by atoms with Crippen molar-refractivity contribution in [2.75, 3.05) is 13.4 Å². The van der Waals surface area contributed by atoms with E-state index in [4.69, 9.17) is 0 Å². The monoisotopic (exact) mass is 288 g/mol. The molecule has 0 aromatic rings. The highest BCUT2D eigenvalue weighted by atomic mass is 35.5. The Balaban J connectivity index is 4.42. The molecule has 3 nitrogen and oxygen atoms in total. The van der Waals surface area contributed by atoms with E-state index in [9.17, 15) is 31.1 Å². The average Bonchev–Trinajstić information content (AvgIpc) is 2.10. The van der Waals surface area contributed by atoms with Gasteiger partial charge in [-0.25, -0.2) is 4.39 Å². The van der Waals surface area contributed by atoms with Crippen molar-refractivity contribution in [1.29, 1.82) is 0 Å². The molecule has 0 aliphatic rings. The van der Waals surface area contributed by atoms with Gasteiger partial charge < -0.3 is 9.47 Å². The summed E-state index contributed by atoms with van der Waals surface area (Å²) < 4.78 is 81.1. The zero-order valence-corrected chi connectivity index (χ0v) is 9.04. The second kappa shape index (κ2) is 5.30. The van der Waals surface area contributed by atoms with Crippen LogP contribution in [0.4, 0.5) is 26.3 Å². The van der Waals surface area contributed by atoms with Gasteiger partial charge in [-0.1, -0.05) is 11.6 Å². The molecular formula is C7H7ClF6O3. The fourth-order valence-electron chi connectivity index (χ4n) is 0.593. The van der Waals surface area contributed by atoms with Gasteiger partial charge in [0.15, 0.2) is 6.79 Å². The second-order valence-corrected chi connectivity index (χ2v) is 3.48. The number of rotatable bonds is 5. The van der Waals surface area contributed by atoms with E-state index in [2.05, 4.69) is 21.1 Å². The maximum atomic E-state index is 12.9. The van der Waals surface area contributed by atoms with Gasteiger partial charge in [0.1, 0.15) is 6.61 Å². The summed E-state index contributed by atoms with van der Waals surface area (Å²) in [5.74, 6) is -6.68. The lowest BCUT2D eigenvalue weighted by atomic mass is 10.2. The molecule has 0 aliphatic carbocycles. The lowest BCUT2D eigenvalue weighted by Gasteiger charge is -2.29. The molecule has 10 heteroatoms. The molecule has 0 amide bonds. The summed E-state index contributed by atoms with van der Waals surface area (Å²) in [6, 6.07) is 0. The van der Waals surface area contributed by atoms with Crippen molar-refractivity contribution in [2.24, 2.45) is 0 Å². The van der Waals surface area contributed by atoms with Crippen LogP contribution in [0.25, 0.3) is 0 Å². The van der Waals surface area contributed by atoms with Gasteiger partial charge in [0, 0.05) is 6.92 Å². The van der Waals surface area contributed by atoms with Crippen LogP contribution in [0.1, 0.15) is 6.92 Å². The molecule has 0 N–H and O–H groups in total. The topological polar surface area (TPSA) is 35.5 Å². The summed E-state index contributed by atoms with van der Waals surface area (Å²) in [4.78, 5) is 10.2. The summed E-state index contributed by atoms with van der Waals surface area (Å²) in [6.07, 6.45) is -6.16. The summed E-state index contributed by atoms with van der Waals surface area (Å²) in [7, 11) is 0. The van der Waals surface area contributed by atoms with Gasteiger partial charge in [-0.05, 0) is 0 Å². The van der Waals surface area contributed by atoms with E-state index in [1.807, 2.05) is 0 Å². The van der Waals surface area contributed by atoms with Crippen molar-refractivity contribution >= 4 is 17.6 Å². The van der Waals surface area contributed by atoms with Crippen molar-refractivity contribution in [3.63, 3.8) is 0 Å². The highest BCUT2D eigenvalue weighted by molar-refractivity contribution is 6.23. The van der Waals surface area contributed by atoms with Gasteiger partial charge >= 0.3 is 18.1 Å². The molecule has 0 saturated carbocycles. The third-order valence-corrected chi connectivity index (χ3v) is 1.79. The van der Waals surface area contributed by atoms with Crippen LogP contribution in [0.15, 0.2) is 0 Å². The first-order valence-electron chi connectivity index (χ1n) is 3.95. The Hall–Kier alpha value is -0.700. The zero-order chi connectivity index (χ0) is 13.9. The lowest BCUT2D eigenvalue weighted by Crippen LogP contribution is -2.53. The van der Waals surface area contributed by atoms with Crippen molar-refractivity contribution in [2.45, 2.75) is 24.2 Å².